The predicted octanol–water partition coefficient (Wildman–Crippen LogP) is 2.80. The molecule has 1 saturated carbocycles. The lowest BCUT2D eigenvalue weighted by atomic mass is 10.1. The molecule has 1 aliphatic carbocycles. The summed E-state index contributed by atoms with van der Waals surface area (Å²) < 4.78 is 45.7. The number of sulfonamides is 1. The first-order valence-electron chi connectivity index (χ1n) is 6.89. The molecule has 0 atom stereocenters. The van der Waals surface area contributed by atoms with E-state index in [-0.39, 0.29) is 4.90 Å². The largest absolute Gasteiger partial charge is 0.497 e. The normalized spacial score (nSPS) is 16.3. The third kappa shape index (κ3) is 2.84. The number of ether oxygens (including phenoxy) is 1. The molecular formula is C16H16FNO3S. The Labute approximate surface area is 129 Å². The highest BCUT2D eigenvalue weighted by molar-refractivity contribution is 7.89. The second kappa shape index (κ2) is 5.37. The van der Waals surface area contributed by atoms with E-state index in [0.29, 0.717) is 0 Å². The first-order valence-corrected chi connectivity index (χ1v) is 8.38. The quantitative estimate of drug-likeness (QED) is 0.921. The van der Waals surface area contributed by atoms with E-state index in [1.54, 1.807) is 7.11 Å². The van der Waals surface area contributed by atoms with E-state index in [1.165, 1.54) is 12.1 Å². The number of methoxy groups -OCH3 is 1. The van der Waals surface area contributed by atoms with Crippen LogP contribution in [0.3, 0.4) is 0 Å². The summed E-state index contributed by atoms with van der Waals surface area (Å²) in [5.74, 6) is 0.260. The van der Waals surface area contributed by atoms with Crippen molar-refractivity contribution in [2.45, 2.75) is 23.3 Å². The predicted molar refractivity (Wildman–Crippen MR) is 80.6 cm³/mol. The third-order valence-corrected chi connectivity index (χ3v) is 5.40. The second-order valence-corrected chi connectivity index (χ2v) is 7.05. The molecule has 0 heterocycles. The first-order chi connectivity index (χ1) is 10.5. The van der Waals surface area contributed by atoms with Crippen LogP contribution >= 0.6 is 0 Å². The van der Waals surface area contributed by atoms with Crippen LogP contribution in [-0.4, -0.2) is 15.5 Å². The zero-order chi connectivity index (χ0) is 15.8. The maximum atomic E-state index is 12.9. The highest BCUT2D eigenvalue weighted by Gasteiger charge is 2.47. The van der Waals surface area contributed by atoms with Crippen molar-refractivity contribution in [3.63, 3.8) is 0 Å². The lowest BCUT2D eigenvalue weighted by Gasteiger charge is -2.18. The van der Waals surface area contributed by atoms with Gasteiger partial charge < -0.3 is 4.74 Å². The summed E-state index contributed by atoms with van der Waals surface area (Å²) in [7, 11) is -2.10. The summed E-state index contributed by atoms with van der Waals surface area (Å²) in [6, 6.07) is 12.1. The molecule has 2 aromatic carbocycles. The van der Waals surface area contributed by atoms with Crippen LogP contribution in [0, 0.1) is 5.82 Å². The summed E-state index contributed by atoms with van der Waals surface area (Å²) in [6.07, 6.45) is 1.47. The van der Waals surface area contributed by atoms with Gasteiger partial charge in [-0.1, -0.05) is 12.1 Å². The molecule has 0 radical (unpaired) electrons. The first kappa shape index (κ1) is 15.0. The van der Waals surface area contributed by atoms with Gasteiger partial charge in [-0.25, -0.2) is 17.5 Å². The van der Waals surface area contributed by atoms with E-state index in [4.69, 9.17) is 4.74 Å². The van der Waals surface area contributed by atoms with Crippen molar-refractivity contribution in [2.24, 2.45) is 0 Å². The highest BCUT2D eigenvalue weighted by atomic mass is 32.2. The van der Waals surface area contributed by atoms with Crippen molar-refractivity contribution in [1.29, 1.82) is 0 Å². The minimum Gasteiger partial charge on any atom is -0.497 e. The third-order valence-electron chi connectivity index (χ3n) is 3.85. The lowest BCUT2D eigenvalue weighted by Crippen LogP contribution is -2.34. The Morgan fingerprint density at radius 2 is 1.64 bits per heavy atom. The molecule has 2 aromatic rings. The van der Waals surface area contributed by atoms with Gasteiger partial charge in [0.15, 0.2) is 0 Å². The van der Waals surface area contributed by atoms with Crippen LogP contribution in [0.1, 0.15) is 18.4 Å². The van der Waals surface area contributed by atoms with Gasteiger partial charge in [0.1, 0.15) is 11.6 Å². The SMILES string of the molecule is COc1ccc(C2(NS(=O)(=O)c3ccc(F)cc3)CC2)cc1. The minimum absolute atomic E-state index is 0.0636. The summed E-state index contributed by atoms with van der Waals surface area (Å²) in [5.41, 5.74) is 0.332. The average Bonchev–Trinajstić information content (AvgIpc) is 3.28. The number of halogens is 1. The van der Waals surface area contributed by atoms with Crippen molar-refractivity contribution in [2.75, 3.05) is 7.11 Å². The number of benzene rings is 2. The molecule has 1 aliphatic rings. The van der Waals surface area contributed by atoms with Gasteiger partial charge in [-0.3, -0.25) is 0 Å². The van der Waals surface area contributed by atoms with E-state index in [9.17, 15) is 12.8 Å². The molecule has 1 N–H and O–H groups in total. The molecule has 0 unspecified atom stereocenters. The van der Waals surface area contributed by atoms with E-state index in [1.807, 2.05) is 24.3 Å². The van der Waals surface area contributed by atoms with Gasteiger partial charge in [-0.15, -0.1) is 0 Å². The van der Waals surface area contributed by atoms with E-state index in [0.717, 1.165) is 36.3 Å². The Kier molecular flexibility index (Phi) is 3.66. The Balaban J connectivity index is 1.86. The van der Waals surface area contributed by atoms with E-state index in [2.05, 4.69) is 4.72 Å². The zero-order valence-electron chi connectivity index (χ0n) is 12.0. The van der Waals surface area contributed by atoms with Crippen molar-refractivity contribution in [1.82, 2.24) is 4.72 Å². The standard InChI is InChI=1S/C16H16FNO3S/c1-21-14-6-2-12(3-7-14)16(10-11-16)18-22(19,20)15-8-4-13(17)5-9-15/h2-9,18H,10-11H2,1H3. The molecule has 0 aliphatic heterocycles. The fraction of sp³-hybridized carbons (Fsp3) is 0.250. The maximum absolute atomic E-state index is 12.9. The Bertz CT molecular complexity index is 766. The number of nitrogens with one attached hydrogen (secondary N) is 1. The molecule has 6 heteroatoms. The number of hydrogen-bond donors (Lipinski definition) is 1. The van der Waals surface area contributed by atoms with Crippen LogP contribution in [0.25, 0.3) is 0 Å². The van der Waals surface area contributed by atoms with Crippen molar-refractivity contribution in [3.05, 3.63) is 59.9 Å². The molecule has 0 amide bonds. The summed E-state index contributed by atoms with van der Waals surface area (Å²) in [4.78, 5) is 0.0636. The monoisotopic (exact) mass is 321 g/mol. The molecule has 3 rings (SSSR count). The van der Waals surface area contributed by atoms with Crippen molar-refractivity contribution < 1.29 is 17.5 Å². The Morgan fingerprint density at radius 3 is 2.14 bits per heavy atom. The summed E-state index contributed by atoms with van der Waals surface area (Å²) in [6.45, 7) is 0. The molecule has 0 spiro atoms. The van der Waals surface area contributed by atoms with Gasteiger partial charge in [0, 0.05) is 0 Å². The van der Waals surface area contributed by atoms with Crippen LogP contribution < -0.4 is 9.46 Å². The van der Waals surface area contributed by atoms with Gasteiger partial charge in [-0.05, 0) is 54.8 Å². The van der Waals surface area contributed by atoms with Crippen molar-refractivity contribution in [3.8, 4) is 5.75 Å². The van der Waals surface area contributed by atoms with Gasteiger partial charge in [0.05, 0.1) is 17.5 Å². The molecule has 4 nitrogen and oxygen atoms in total. The average molecular weight is 321 g/mol. The van der Waals surface area contributed by atoms with Gasteiger partial charge >= 0.3 is 0 Å². The van der Waals surface area contributed by atoms with Gasteiger partial charge in [0.25, 0.3) is 0 Å². The fourth-order valence-corrected chi connectivity index (χ4v) is 3.86. The molecule has 0 bridgehead atoms. The topological polar surface area (TPSA) is 55.4 Å². The van der Waals surface area contributed by atoms with Crippen LogP contribution in [0.15, 0.2) is 53.4 Å². The summed E-state index contributed by atoms with van der Waals surface area (Å²) >= 11 is 0. The van der Waals surface area contributed by atoms with Crippen LogP contribution in [0.2, 0.25) is 0 Å². The van der Waals surface area contributed by atoms with Gasteiger partial charge in [0.2, 0.25) is 10.0 Å². The number of rotatable bonds is 5. The molecule has 1 fully saturated rings. The summed E-state index contributed by atoms with van der Waals surface area (Å²) in [5, 5.41) is 0. The molecular weight excluding hydrogens is 305 g/mol. The highest BCUT2D eigenvalue weighted by Crippen LogP contribution is 2.46. The maximum Gasteiger partial charge on any atom is 0.241 e. The molecule has 22 heavy (non-hydrogen) atoms. The van der Waals surface area contributed by atoms with E-state index >= 15 is 0 Å². The molecule has 0 aromatic heterocycles. The Morgan fingerprint density at radius 1 is 1.05 bits per heavy atom. The zero-order valence-corrected chi connectivity index (χ0v) is 12.9. The second-order valence-electron chi connectivity index (χ2n) is 5.37. The van der Waals surface area contributed by atoms with E-state index < -0.39 is 21.4 Å². The number of hydrogen-bond acceptors (Lipinski definition) is 3. The van der Waals surface area contributed by atoms with Crippen molar-refractivity contribution >= 4 is 10.0 Å². The van der Waals surface area contributed by atoms with Crippen LogP contribution in [-0.2, 0) is 15.6 Å². The Hall–Kier alpha value is -1.92. The van der Waals surface area contributed by atoms with Gasteiger partial charge in [-0.2, -0.15) is 0 Å². The molecule has 0 saturated heterocycles. The minimum atomic E-state index is -3.68. The smallest absolute Gasteiger partial charge is 0.241 e. The van der Waals surface area contributed by atoms with Crippen LogP contribution in [0.4, 0.5) is 4.39 Å². The fourth-order valence-electron chi connectivity index (χ4n) is 2.41. The van der Waals surface area contributed by atoms with Crippen LogP contribution in [0.5, 0.6) is 5.75 Å². The molecule has 116 valence electrons. The lowest BCUT2D eigenvalue weighted by molar-refractivity contribution is 0.414.